The summed E-state index contributed by atoms with van der Waals surface area (Å²) in [5.74, 6) is -0.973. The third-order valence-electron chi connectivity index (χ3n) is 3.78. The van der Waals surface area contributed by atoms with Gasteiger partial charge in [-0.2, -0.15) is 0 Å². The molecule has 0 unspecified atom stereocenters. The summed E-state index contributed by atoms with van der Waals surface area (Å²) in [6, 6.07) is 13.9. The monoisotopic (exact) mass is 413 g/mol. The van der Waals surface area contributed by atoms with Crippen LogP contribution in [0.25, 0.3) is 6.08 Å². The lowest BCUT2D eigenvalue weighted by molar-refractivity contribution is -0.127. The van der Waals surface area contributed by atoms with E-state index < -0.39 is 17.8 Å². The summed E-state index contributed by atoms with van der Waals surface area (Å²) >= 11 is 3.34. The Hall–Kier alpha value is -2.93. The molecule has 6 nitrogen and oxygen atoms in total. The number of urea groups is 1. The number of amides is 4. The number of rotatable bonds is 4. The van der Waals surface area contributed by atoms with Crippen molar-refractivity contribution >= 4 is 45.5 Å². The Morgan fingerprint density at radius 2 is 1.77 bits per heavy atom. The summed E-state index contributed by atoms with van der Waals surface area (Å²) in [7, 11) is 0. The molecule has 1 aliphatic heterocycles. The van der Waals surface area contributed by atoms with Crippen molar-refractivity contribution in [3.05, 3.63) is 69.8 Å². The topological polar surface area (TPSA) is 78.5 Å². The van der Waals surface area contributed by atoms with Crippen molar-refractivity contribution in [1.29, 1.82) is 0 Å². The number of anilines is 1. The van der Waals surface area contributed by atoms with E-state index >= 15 is 0 Å². The van der Waals surface area contributed by atoms with Gasteiger partial charge in [0.25, 0.3) is 5.91 Å². The van der Waals surface area contributed by atoms with Gasteiger partial charge in [-0.25, -0.2) is 9.69 Å². The largest absolute Gasteiger partial charge is 0.329 e. The van der Waals surface area contributed by atoms with Gasteiger partial charge in [0.05, 0.1) is 0 Å². The Morgan fingerprint density at radius 3 is 2.42 bits per heavy atom. The molecule has 2 aromatic rings. The second-order valence-electron chi connectivity index (χ2n) is 5.85. The van der Waals surface area contributed by atoms with Crippen LogP contribution < -0.4 is 10.6 Å². The molecule has 26 heavy (non-hydrogen) atoms. The summed E-state index contributed by atoms with van der Waals surface area (Å²) in [5, 5.41) is 5.17. The molecule has 2 N–H and O–H groups in total. The van der Waals surface area contributed by atoms with E-state index in [2.05, 4.69) is 26.6 Å². The van der Waals surface area contributed by atoms with Gasteiger partial charge in [-0.05, 0) is 42.8 Å². The highest BCUT2D eigenvalue weighted by molar-refractivity contribution is 9.10. The second-order valence-corrected chi connectivity index (χ2v) is 6.76. The Labute approximate surface area is 159 Å². The van der Waals surface area contributed by atoms with Crippen LogP contribution in [0.2, 0.25) is 0 Å². The number of benzene rings is 2. The second kappa shape index (κ2) is 7.53. The Bertz CT molecular complexity index is 889. The maximum Gasteiger partial charge on any atom is 0.329 e. The summed E-state index contributed by atoms with van der Waals surface area (Å²) in [5.41, 5.74) is 2.58. The van der Waals surface area contributed by atoms with Gasteiger partial charge in [-0.1, -0.05) is 45.8 Å². The smallest absolute Gasteiger partial charge is 0.325 e. The van der Waals surface area contributed by atoms with Crippen molar-refractivity contribution in [3.8, 4) is 0 Å². The van der Waals surface area contributed by atoms with Crippen molar-refractivity contribution < 1.29 is 14.4 Å². The molecule has 0 atom stereocenters. The minimum absolute atomic E-state index is 0.139. The van der Waals surface area contributed by atoms with Crippen LogP contribution in [-0.2, 0) is 9.59 Å². The first kappa shape index (κ1) is 17.9. The van der Waals surface area contributed by atoms with Crippen LogP contribution in [0, 0.1) is 6.92 Å². The standard InChI is InChI=1S/C19H16BrN3O3/c1-12-2-8-15(9-3-12)21-17(24)11-23-18(25)16(22-19(23)26)10-13-4-6-14(20)7-5-13/h2-10H,11H2,1H3,(H,21,24)(H,22,26)/b16-10-. The van der Waals surface area contributed by atoms with E-state index in [1.165, 1.54) is 0 Å². The first-order valence-electron chi connectivity index (χ1n) is 7.89. The maximum atomic E-state index is 12.4. The molecule has 7 heteroatoms. The van der Waals surface area contributed by atoms with E-state index in [0.717, 1.165) is 20.5 Å². The minimum atomic E-state index is -0.614. The van der Waals surface area contributed by atoms with Gasteiger partial charge in [0.1, 0.15) is 12.2 Å². The number of carbonyl (C=O) groups is 3. The highest BCUT2D eigenvalue weighted by Crippen LogP contribution is 2.17. The molecular formula is C19H16BrN3O3. The zero-order valence-electron chi connectivity index (χ0n) is 14.0. The molecule has 3 rings (SSSR count). The molecule has 1 aliphatic rings. The van der Waals surface area contributed by atoms with Crippen LogP contribution in [0.5, 0.6) is 0 Å². The third-order valence-corrected chi connectivity index (χ3v) is 4.31. The maximum absolute atomic E-state index is 12.4. The Kier molecular flexibility index (Phi) is 5.18. The van der Waals surface area contributed by atoms with Crippen molar-refractivity contribution in [1.82, 2.24) is 10.2 Å². The predicted octanol–water partition coefficient (Wildman–Crippen LogP) is 3.29. The van der Waals surface area contributed by atoms with Gasteiger partial charge in [0.15, 0.2) is 0 Å². The van der Waals surface area contributed by atoms with Gasteiger partial charge in [0.2, 0.25) is 5.91 Å². The molecule has 0 bridgehead atoms. The zero-order chi connectivity index (χ0) is 18.7. The lowest BCUT2D eigenvalue weighted by Gasteiger charge is -2.12. The van der Waals surface area contributed by atoms with Gasteiger partial charge < -0.3 is 10.6 Å². The van der Waals surface area contributed by atoms with Crippen LogP contribution in [0.1, 0.15) is 11.1 Å². The molecular weight excluding hydrogens is 398 g/mol. The summed E-state index contributed by atoms with van der Waals surface area (Å²) < 4.78 is 0.913. The number of nitrogens with one attached hydrogen (secondary N) is 2. The zero-order valence-corrected chi connectivity index (χ0v) is 15.5. The summed E-state index contributed by atoms with van der Waals surface area (Å²) in [6.45, 7) is 1.59. The number of hydrogen-bond donors (Lipinski definition) is 2. The van der Waals surface area contributed by atoms with Gasteiger partial charge in [-0.3, -0.25) is 9.59 Å². The van der Waals surface area contributed by atoms with Crippen LogP contribution >= 0.6 is 15.9 Å². The quantitative estimate of drug-likeness (QED) is 0.596. The summed E-state index contributed by atoms with van der Waals surface area (Å²) in [6.07, 6.45) is 1.57. The average molecular weight is 414 g/mol. The van der Waals surface area contributed by atoms with E-state index in [4.69, 9.17) is 0 Å². The molecule has 132 valence electrons. The van der Waals surface area contributed by atoms with E-state index in [1.807, 2.05) is 43.3 Å². The van der Waals surface area contributed by atoms with E-state index in [9.17, 15) is 14.4 Å². The van der Waals surface area contributed by atoms with Crippen LogP contribution in [0.4, 0.5) is 10.5 Å². The van der Waals surface area contributed by atoms with Gasteiger partial charge in [-0.15, -0.1) is 0 Å². The molecule has 1 heterocycles. The lowest BCUT2D eigenvalue weighted by atomic mass is 10.2. The minimum Gasteiger partial charge on any atom is -0.325 e. The SMILES string of the molecule is Cc1ccc(NC(=O)CN2C(=O)N/C(=C\c3ccc(Br)cc3)C2=O)cc1. The van der Waals surface area contributed by atoms with Crippen LogP contribution in [0.15, 0.2) is 58.7 Å². The first-order valence-corrected chi connectivity index (χ1v) is 8.68. The third kappa shape index (κ3) is 4.18. The molecule has 1 saturated heterocycles. The average Bonchev–Trinajstić information content (AvgIpc) is 2.86. The van der Waals surface area contributed by atoms with Crippen molar-refractivity contribution in [2.45, 2.75) is 6.92 Å². The van der Waals surface area contributed by atoms with Crippen molar-refractivity contribution in [3.63, 3.8) is 0 Å². The number of imide groups is 1. The van der Waals surface area contributed by atoms with E-state index in [1.54, 1.807) is 18.2 Å². The van der Waals surface area contributed by atoms with Gasteiger partial charge >= 0.3 is 6.03 Å². The molecule has 0 aliphatic carbocycles. The summed E-state index contributed by atoms with van der Waals surface area (Å²) in [4.78, 5) is 37.5. The first-order chi connectivity index (χ1) is 12.4. The fourth-order valence-corrected chi connectivity index (χ4v) is 2.69. The molecule has 4 amide bonds. The molecule has 1 fully saturated rings. The Morgan fingerprint density at radius 1 is 1.12 bits per heavy atom. The number of halogens is 1. The number of carbonyl (C=O) groups excluding carboxylic acids is 3. The number of nitrogens with zero attached hydrogens (tertiary/aromatic N) is 1. The van der Waals surface area contributed by atoms with Crippen LogP contribution in [0.3, 0.4) is 0 Å². The normalized spacial score (nSPS) is 15.3. The van der Waals surface area contributed by atoms with Crippen molar-refractivity contribution in [2.24, 2.45) is 0 Å². The van der Waals surface area contributed by atoms with Gasteiger partial charge in [0, 0.05) is 10.2 Å². The van der Waals surface area contributed by atoms with E-state index in [-0.39, 0.29) is 12.2 Å². The highest BCUT2D eigenvalue weighted by atomic mass is 79.9. The number of aryl methyl sites for hydroxylation is 1. The molecule has 0 radical (unpaired) electrons. The number of hydrogen-bond acceptors (Lipinski definition) is 3. The molecule has 2 aromatic carbocycles. The van der Waals surface area contributed by atoms with Crippen molar-refractivity contribution in [2.75, 3.05) is 11.9 Å². The highest BCUT2D eigenvalue weighted by Gasteiger charge is 2.34. The predicted molar refractivity (Wildman–Crippen MR) is 102 cm³/mol. The van der Waals surface area contributed by atoms with E-state index in [0.29, 0.717) is 5.69 Å². The molecule has 0 aromatic heterocycles. The Balaban J connectivity index is 1.67. The molecule has 0 saturated carbocycles. The molecule has 0 spiro atoms. The fourth-order valence-electron chi connectivity index (χ4n) is 2.42. The van der Waals surface area contributed by atoms with Crippen LogP contribution in [-0.4, -0.2) is 29.3 Å². The fraction of sp³-hybridized carbons (Fsp3) is 0.105. The lowest BCUT2D eigenvalue weighted by Crippen LogP contribution is -2.38.